The van der Waals surface area contributed by atoms with Crippen LogP contribution in [0.5, 0.6) is 11.5 Å². The monoisotopic (exact) mass is 542 g/mol. The number of carboxylic acid groups (broad SMARTS) is 1. The van der Waals surface area contributed by atoms with Crippen LogP contribution in [-0.4, -0.2) is 59.8 Å². The van der Waals surface area contributed by atoms with Crippen molar-refractivity contribution in [3.05, 3.63) is 59.0 Å². The average Bonchev–Trinajstić information content (AvgIpc) is 3.37. The molecular weight excluding hydrogens is 508 g/mol. The van der Waals surface area contributed by atoms with Crippen LogP contribution in [0.15, 0.2) is 45.2 Å². The number of rotatable bonds is 10. The number of hydrogen-bond acceptors (Lipinski definition) is 9. The second kappa shape index (κ2) is 13.2. The van der Waals surface area contributed by atoms with E-state index in [2.05, 4.69) is 4.74 Å². The first kappa shape index (κ1) is 29.5. The number of aliphatic hydroxyl groups is 2. The average molecular weight is 543 g/mol. The van der Waals surface area contributed by atoms with E-state index < -0.39 is 30.8 Å². The largest absolute Gasteiger partial charge is 0.479 e. The first-order valence-corrected chi connectivity index (χ1v) is 12.4. The van der Waals surface area contributed by atoms with E-state index in [1.807, 2.05) is 32.0 Å². The molecule has 0 radical (unpaired) electrons. The lowest BCUT2D eigenvalue weighted by Crippen LogP contribution is -2.12. The van der Waals surface area contributed by atoms with E-state index in [4.69, 9.17) is 23.4 Å². The molecule has 0 aliphatic rings. The third kappa shape index (κ3) is 7.52. The van der Waals surface area contributed by atoms with Crippen molar-refractivity contribution in [2.24, 2.45) is 0 Å². The highest BCUT2D eigenvalue weighted by Crippen LogP contribution is 2.34. The molecule has 39 heavy (non-hydrogen) atoms. The van der Waals surface area contributed by atoms with Gasteiger partial charge in [0.05, 0.1) is 19.3 Å². The maximum atomic E-state index is 11.1. The van der Waals surface area contributed by atoms with Gasteiger partial charge < -0.3 is 38.4 Å². The minimum Gasteiger partial charge on any atom is -0.479 e. The second-order valence-corrected chi connectivity index (χ2v) is 9.19. The first-order valence-electron chi connectivity index (χ1n) is 12.4. The normalized spacial score (nSPS) is 12.5. The fourth-order valence-electron chi connectivity index (χ4n) is 4.19. The lowest BCUT2D eigenvalue weighted by Gasteiger charge is -2.05. The third-order valence-electron chi connectivity index (χ3n) is 5.89. The van der Waals surface area contributed by atoms with Crippen molar-refractivity contribution < 1.29 is 48.0 Å². The van der Waals surface area contributed by atoms with Crippen LogP contribution in [-0.2, 0) is 27.2 Å². The van der Waals surface area contributed by atoms with E-state index in [0.29, 0.717) is 41.3 Å². The van der Waals surface area contributed by atoms with Crippen LogP contribution >= 0.6 is 0 Å². The van der Waals surface area contributed by atoms with Gasteiger partial charge in [0.2, 0.25) is 0 Å². The van der Waals surface area contributed by atoms with Gasteiger partial charge in [-0.3, -0.25) is 0 Å². The molecule has 2 unspecified atom stereocenters. The number of para-hydroxylation sites is 2. The number of benzene rings is 2. The van der Waals surface area contributed by atoms with E-state index >= 15 is 0 Å². The number of furan rings is 2. The van der Waals surface area contributed by atoms with Crippen molar-refractivity contribution >= 4 is 33.9 Å². The lowest BCUT2D eigenvalue weighted by molar-refractivity contribution is -0.143. The van der Waals surface area contributed by atoms with Crippen LogP contribution < -0.4 is 9.47 Å². The van der Waals surface area contributed by atoms with Crippen LogP contribution in [0.2, 0.25) is 0 Å². The predicted molar refractivity (Wildman–Crippen MR) is 143 cm³/mol. The maximum Gasteiger partial charge on any atom is 0.343 e. The number of aryl methyl sites for hydroxylation is 2. The third-order valence-corrected chi connectivity index (χ3v) is 5.89. The first-order chi connectivity index (χ1) is 18.5. The minimum absolute atomic E-state index is 0.166. The van der Waals surface area contributed by atoms with Crippen LogP contribution in [0, 0.1) is 13.8 Å². The Balaban J connectivity index is 0.000000216. The molecule has 2 aromatic carbocycles. The molecule has 0 saturated heterocycles. The molecule has 3 N–H and O–H groups in total. The summed E-state index contributed by atoms with van der Waals surface area (Å²) in [5, 5.41) is 29.4. The van der Waals surface area contributed by atoms with E-state index in [0.717, 1.165) is 27.7 Å². The molecule has 2 atom stereocenters. The molecule has 2 heterocycles. The summed E-state index contributed by atoms with van der Waals surface area (Å²) in [7, 11) is 1.31. The van der Waals surface area contributed by atoms with Crippen LogP contribution in [0.25, 0.3) is 21.9 Å². The molecule has 0 fully saturated rings. The summed E-state index contributed by atoms with van der Waals surface area (Å²) in [4.78, 5) is 21.7. The van der Waals surface area contributed by atoms with Gasteiger partial charge in [-0.25, -0.2) is 9.59 Å². The molecule has 0 bridgehead atoms. The topological polar surface area (TPSA) is 149 Å². The Bertz CT molecular complexity index is 1430. The summed E-state index contributed by atoms with van der Waals surface area (Å²) in [5.41, 5.74) is 2.99. The Morgan fingerprint density at radius 1 is 0.795 bits per heavy atom. The number of hydrogen-bond donors (Lipinski definition) is 3. The Labute approximate surface area is 225 Å². The molecule has 210 valence electrons. The zero-order valence-electron chi connectivity index (χ0n) is 22.6. The number of aliphatic hydroxyl groups excluding tert-OH is 2. The molecular formula is C29H34O10. The summed E-state index contributed by atoms with van der Waals surface area (Å²) in [5.74, 6) is 0.865. The molecule has 10 heteroatoms. The molecule has 2 aromatic heterocycles. The van der Waals surface area contributed by atoms with Gasteiger partial charge in [-0.15, -0.1) is 0 Å². The number of carbonyl (C=O) groups is 2. The van der Waals surface area contributed by atoms with Gasteiger partial charge in [-0.2, -0.15) is 0 Å². The number of carboxylic acids is 1. The summed E-state index contributed by atoms with van der Waals surface area (Å²) in [6, 6.07) is 10.8. The molecule has 4 aromatic rings. The van der Waals surface area contributed by atoms with Crippen LogP contribution in [0.4, 0.5) is 0 Å². The summed E-state index contributed by atoms with van der Waals surface area (Å²) >= 11 is 0. The number of carbonyl (C=O) groups excluding carboxylic acids is 1. The van der Waals surface area contributed by atoms with Crippen molar-refractivity contribution in [3.8, 4) is 11.5 Å². The summed E-state index contributed by atoms with van der Waals surface area (Å²) in [6.45, 7) is 6.53. The predicted octanol–water partition coefficient (Wildman–Crippen LogP) is 4.34. The highest BCUT2D eigenvalue weighted by Gasteiger charge is 2.18. The summed E-state index contributed by atoms with van der Waals surface area (Å²) < 4.78 is 26.5. The lowest BCUT2D eigenvalue weighted by atomic mass is 10.0. The molecule has 0 saturated carbocycles. The smallest absolute Gasteiger partial charge is 0.343 e. The van der Waals surface area contributed by atoms with E-state index in [-0.39, 0.29) is 6.61 Å². The number of methoxy groups -OCH3 is 1. The second-order valence-electron chi connectivity index (χ2n) is 9.19. The quantitative estimate of drug-likeness (QED) is 0.247. The van der Waals surface area contributed by atoms with Crippen LogP contribution in [0.3, 0.4) is 0 Å². The Morgan fingerprint density at radius 2 is 1.23 bits per heavy atom. The highest BCUT2D eigenvalue weighted by atomic mass is 16.6. The standard InChI is InChI=1S/C15H18O5.C14H16O5/c1-9(16)7-12-10(2)20-15-11(12)5-4-6-13(15)19-8-14(17)18-3;1-8(15)6-11-9(2)19-14-10(11)4-3-5-12(14)18-7-13(16)17/h4-6,9,16H,7-8H2,1-3H3;3-5,8,15H,6-7H2,1-2H3,(H,16,17). The van der Waals surface area contributed by atoms with Crippen molar-refractivity contribution in [2.45, 2.75) is 52.7 Å². The zero-order valence-corrected chi connectivity index (χ0v) is 22.6. The summed E-state index contributed by atoms with van der Waals surface area (Å²) in [6.07, 6.45) is 0.0813. The van der Waals surface area contributed by atoms with Gasteiger partial charge in [0.15, 0.2) is 35.9 Å². The molecule has 10 nitrogen and oxygen atoms in total. The number of ether oxygens (including phenoxy) is 3. The maximum absolute atomic E-state index is 11.1. The highest BCUT2D eigenvalue weighted by molar-refractivity contribution is 5.88. The van der Waals surface area contributed by atoms with Gasteiger partial charge >= 0.3 is 11.9 Å². The molecule has 4 rings (SSSR count). The molecule has 0 spiro atoms. The minimum atomic E-state index is -1.04. The van der Waals surface area contributed by atoms with E-state index in [1.165, 1.54) is 7.11 Å². The van der Waals surface area contributed by atoms with Gasteiger partial charge in [-0.05, 0) is 39.8 Å². The van der Waals surface area contributed by atoms with Crippen molar-refractivity contribution in [2.75, 3.05) is 20.3 Å². The fourth-order valence-corrected chi connectivity index (χ4v) is 4.19. The molecule has 0 amide bonds. The number of fused-ring (bicyclic) bond motifs is 2. The van der Waals surface area contributed by atoms with Crippen molar-refractivity contribution in [1.29, 1.82) is 0 Å². The number of aliphatic carboxylic acids is 1. The van der Waals surface area contributed by atoms with Crippen molar-refractivity contribution in [3.63, 3.8) is 0 Å². The van der Waals surface area contributed by atoms with Gasteiger partial charge in [0, 0.05) is 34.7 Å². The molecule has 0 aliphatic carbocycles. The van der Waals surface area contributed by atoms with Gasteiger partial charge in [0.1, 0.15) is 11.5 Å². The zero-order chi connectivity index (χ0) is 28.7. The van der Waals surface area contributed by atoms with Gasteiger partial charge in [-0.1, -0.05) is 24.3 Å². The van der Waals surface area contributed by atoms with E-state index in [9.17, 15) is 19.8 Å². The Hall–Kier alpha value is -4.02. The molecule has 0 aliphatic heterocycles. The van der Waals surface area contributed by atoms with Gasteiger partial charge in [0.25, 0.3) is 0 Å². The fraction of sp³-hybridized carbons (Fsp3) is 0.379. The Kier molecular flexibility index (Phi) is 9.97. The SMILES string of the molecule is COC(=O)COc1cccc2c(CC(C)O)c(C)oc12.Cc1oc2c(OCC(=O)O)cccc2c1CC(C)O. The van der Waals surface area contributed by atoms with E-state index in [1.54, 1.807) is 32.0 Å². The van der Waals surface area contributed by atoms with Crippen LogP contribution in [0.1, 0.15) is 36.5 Å². The number of esters is 1. The van der Waals surface area contributed by atoms with Crippen molar-refractivity contribution in [1.82, 2.24) is 0 Å². The Morgan fingerprint density at radius 3 is 1.62 bits per heavy atom.